The number of benzene rings is 1. The van der Waals surface area contributed by atoms with Crippen molar-refractivity contribution in [3.8, 4) is 0 Å². The van der Waals surface area contributed by atoms with Crippen molar-refractivity contribution in [2.75, 3.05) is 31.9 Å². The summed E-state index contributed by atoms with van der Waals surface area (Å²) in [5.41, 5.74) is 0. The minimum atomic E-state index is -4.14. The molecule has 2 fully saturated rings. The Balaban J connectivity index is 1.65. The fraction of sp³-hybridized carbons (Fsp3) is 0.647. The summed E-state index contributed by atoms with van der Waals surface area (Å²) in [7, 11) is -7.58. The third-order valence-corrected chi connectivity index (χ3v) is 9.25. The van der Waals surface area contributed by atoms with Crippen molar-refractivity contribution in [3.05, 3.63) is 29.8 Å². The predicted octanol–water partition coefficient (Wildman–Crippen LogP) is 2.18. The van der Waals surface area contributed by atoms with Gasteiger partial charge in [-0.05, 0) is 30.9 Å². The molecule has 1 heterocycles. The zero-order valence-corrected chi connectivity index (χ0v) is 16.6. The lowest BCUT2D eigenvalue weighted by Crippen LogP contribution is -2.51. The van der Waals surface area contributed by atoms with Crippen molar-refractivity contribution in [1.29, 1.82) is 0 Å². The van der Waals surface area contributed by atoms with E-state index in [1.54, 1.807) is 0 Å². The molecule has 10 heteroatoms. The molecule has 0 spiro atoms. The van der Waals surface area contributed by atoms with Crippen LogP contribution in [0, 0.1) is 17.6 Å². The molecule has 1 aromatic carbocycles. The van der Waals surface area contributed by atoms with Gasteiger partial charge in [-0.1, -0.05) is 19.3 Å². The molecule has 1 saturated heterocycles. The van der Waals surface area contributed by atoms with E-state index in [0.29, 0.717) is 6.07 Å². The van der Waals surface area contributed by atoms with Crippen molar-refractivity contribution in [3.63, 3.8) is 0 Å². The van der Waals surface area contributed by atoms with Crippen LogP contribution >= 0.6 is 0 Å². The highest BCUT2D eigenvalue weighted by atomic mass is 32.2. The second-order valence-corrected chi connectivity index (χ2v) is 11.1. The monoisotopic (exact) mass is 422 g/mol. The summed E-state index contributed by atoms with van der Waals surface area (Å²) in [5.74, 6) is -1.74. The van der Waals surface area contributed by atoms with Crippen LogP contribution in [0.3, 0.4) is 0 Å². The van der Waals surface area contributed by atoms with Gasteiger partial charge in [-0.15, -0.1) is 0 Å². The Labute approximate surface area is 159 Å². The normalized spacial score (nSPS) is 21.4. The summed E-state index contributed by atoms with van der Waals surface area (Å²) in [6.45, 7) is -0.0275. The summed E-state index contributed by atoms with van der Waals surface area (Å²) in [4.78, 5) is -0.595. The second-order valence-electron chi connectivity index (χ2n) is 7.16. The van der Waals surface area contributed by atoms with Crippen molar-refractivity contribution >= 4 is 20.0 Å². The molecule has 0 unspecified atom stereocenters. The third kappa shape index (κ3) is 4.67. The number of hydrogen-bond donors (Lipinski definition) is 0. The molecule has 1 aromatic rings. The van der Waals surface area contributed by atoms with Crippen LogP contribution in [0.2, 0.25) is 0 Å². The minimum Gasteiger partial charge on any atom is -0.212 e. The second kappa shape index (κ2) is 8.10. The van der Waals surface area contributed by atoms with Gasteiger partial charge < -0.3 is 0 Å². The number of nitrogens with zero attached hydrogens (tertiary/aromatic N) is 2. The fourth-order valence-corrected chi connectivity index (χ4v) is 7.10. The van der Waals surface area contributed by atoms with Crippen molar-refractivity contribution in [1.82, 2.24) is 8.61 Å². The Kier molecular flexibility index (Phi) is 6.19. The molecular weight excluding hydrogens is 398 g/mol. The van der Waals surface area contributed by atoms with Gasteiger partial charge in [0.2, 0.25) is 20.0 Å². The molecule has 27 heavy (non-hydrogen) atoms. The number of piperazine rings is 1. The molecule has 1 saturated carbocycles. The first-order chi connectivity index (χ1) is 12.7. The van der Waals surface area contributed by atoms with Gasteiger partial charge in [0.05, 0.1) is 5.75 Å². The average molecular weight is 423 g/mol. The zero-order chi connectivity index (χ0) is 19.7. The Morgan fingerprint density at radius 3 is 2.07 bits per heavy atom. The van der Waals surface area contributed by atoms with Crippen molar-refractivity contribution in [2.45, 2.75) is 37.0 Å². The van der Waals surface area contributed by atoms with E-state index in [2.05, 4.69) is 0 Å². The van der Waals surface area contributed by atoms with Gasteiger partial charge in [0.1, 0.15) is 16.5 Å². The van der Waals surface area contributed by atoms with Crippen LogP contribution in [0.4, 0.5) is 8.78 Å². The Bertz CT molecular complexity index is 876. The minimum absolute atomic E-state index is 0.0388. The first-order valence-corrected chi connectivity index (χ1v) is 12.2. The van der Waals surface area contributed by atoms with Crippen LogP contribution in [-0.2, 0) is 20.0 Å². The SMILES string of the molecule is O=S(=O)(CC1CCCCC1)N1CCN(S(=O)(=O)c2ccc(F)cc2F)CC1. The highest BCUT2D eigenvalue weighted by Gasteiger charge is 2.35. The molecule has 0 atom stereocenters. The molecule has 0 N–H and O–H groups in total. The number of hydrogen-bond acceptors (Lipinski definition) is 4. The molecule has 1 aliphatic heterocycles. The predicted molar refractivity (Wildman–Crippen MR) is 97.1 cm³/mol. The van der Waals surface area contributed by atoms with Crippen LogP contribution in [0.25, 0.3) is 0 Å². The largest absolute Gasteiger partial charge is 0.246 e. The van der Waals surface area contributed by atoms with Gasteiger partial charge in [0, 0.05) is 32.2 Å². The van der Waals surface area contributed by atoms with E-state index >= 15 is 0 Å². The fourth-order valence-electron chi connectivity index (χ4n) is 3.77. The Hall–Kier alpha value is -1.10. The lowest BCUT2D eigenvalue weighted by Gasteiger charge is -2.34. The molecule has 6 nitrogen and oxygen atoms in total. The van der Waals surface area contributed by atoms with Crippen LogP contribution in [0.5, 0.6) is 0 Å². The number of sulfonamides is 2. The molecule has 0 amide bonds. The summed E-state index contributed by atoms with van der Waals surface area (Å²) in [6, 6.07) is 2.31. The van der Waals surface area contributed by atoms with E-state index < -0.39 is 36.6 Å². The standard InChI is InChI=1S/C17H24F2N2O4S2/c18-15-6-7-17(16(19)12-15)27(24,25)21-10-8-20(9-11-21)26(22,23)13-14-4-2-1-3-5-14/h6-7,12,14H,1-5,8-11,13H2. The van der Waals surface area contributed by atoms with Crippen LogP contribution < -0.4 is 0 Å². The molecular formula is C17H24F2N2O4S2. The van der Waals surface area contributed by atoms with Crippen molar-refractivity contribution in [2.24, 2.45) is 5.92 Å². The van der Waals surface area contributed by atoms with E-state index in [1.807, 2.05) is 0 Å². The van der Waals surface area contributed by atoms with Gasteiger partial charge in [-0.3, -0.25) is 0 Å². The lowest BCUT2D eigenvalue weighted by molar-refractivity contribution is 0.269. The maximum absolute atomic E-state index is 13.9. The van der Waals surface area contributed by atoms with E-state index in [-0.39, 0.29) is 37.8 Å². The maximum atomic E-state index is 13.9. The molecule has 0 bridgehead atoms. The average Bonchev–Trinajstić information content (AvgIpc) is 2.62. The number of rotatable bonds is 5. The third-order valence-electron chi connectivity index (χ3n) is 5.27. The number of halogens is 2. The van der Waals surface area contributed by atoms with Gasteiger partial charge in [0.25, 0.3) is 0 Å². The van der Waals surface area contributed by atoms with Gasteiger partial charge in [-0.25, -0.2) is 25.6 Å². The zero-order valence-electron chi connectivity index (χ0n) is 15.0. The highest BCUT2D eigenvalue weighted by Crippen LogP contribution is 2.27. The van der Waals surface area contributed by atoms with Gasteiger partial charge in [0.15, 0.2) is 0 Å². The lowest BCUT2D eigenvalue weighted by atomic mass is 9.91. The maximum Gasteiger partial charge on any atom is 0.246 e. The highest BCUT2D eigenvalue weighted by molar-refractivity contribution is 7.89. The van der Waals surface area contributed by atoms with Gasteiger partial charge >= 0.3 is 0 Å². The van der Waals surface area contributed by atoms with E-state index in [0.717, 1.165) is 48.5 Å². The van der Waals surface area contributed by atoms with Crippen molar-refractivity contribution < 1.29 is 25.6 Å². The smallest absolute Gasteiger partial charge is 0.212 e. The first-order valence-electron chi connectivity index (χ1n) is 9.13. The summed E-state index contributed by atoms with van der Waals surface area (Å²) in [5, 5.41) is 0. The topological polar surface area (TPSA) is 74.8 Å². The van der Waals surface area contributed by atoms with E-state index in [9.17, 15) is 25.6 Å². The quantitative estimate of drug-likeness (QED) is 0.729. The Morgan fingerprint density at radius 2 is 1.48 bits per heavy atom. The summed E-state index contributed by atoms with van der Waals surface area (Å²) < 4.78 is 79.7. The Morgan fingerprint density at radius 1 is 0.889 bits per heavy atom. The van der Waals surface area contributed by atoms with E-state index in [4.69, 9.17) is 0 Å². The molecule has 0 aromatic heterocycles. The van der Waals surface area contributed by atoms with Crippen LogP contribution in [-0.4, -0.2) is 57.4 Å². The summed E-state index contributed by atoms with van der Waals surface area (Å²) in [6.07, 6.45) is 5.08. The van der Waals surface area contributed by atoms with Crippen LogP contribution in [0.1, 0.15) is 32.1 Å². The summed E-state index contributed by atoms with van der Waals surface area (Å²) >= 11 is 0. The molecule has 152 valence electrons. The molecule has 1 aliphatic carbocycles. The first kappa shape index (κ1) is 20.6. The van der Waals surface area contributed by atoms with Crippen LogP contribution in [0.15, 0.2) is 23.1 Å². The molecule has 3 rings (SSSR count). The van der Waals surface area contributed by atoms with Gasteiger partial charge in [-0.2, -0.15) is 8.61 Å². The molecule has 0 radical (unpaired) electrons. The molecule has 2 aliphatic rings. The van der Waals surface area contributed by atoms with E-state index in [1.165, 1.54) is 4.31 Å².